The lowest BCUT2D eigenvalue weighted by atomic mass is 9.99. The summed E-state index contributed by atoms with van der Waals surface area (Å²) in [5.41, 5.74) is 3.54. The number of rotatable bonds is 5. The number of carbonyl (C=O) groups is 3. The molecule has 2 amide bonds. The Morgan fingerprint density at radius 2 is 1.49 bits per heavy atom. The van der Waals surface area contributed by atoms with Gasteiger partial charge in [-0.15, -0.1) is 0 Å². The van der Waals surface area contributed by atoms with Gasteiger partial charge in [-0.2, -0.15) is 0 Å². The SMILES string of the molecule is C[C@@H](NC(=O)OC(C)(C)C)c1ccc(-c2cccc(CN3CCN(C(=O)OC(C)(C)C)CC3)c2)cc1.O=CO. The Morgan fingerprint density at radius 3 is 2.03 bits per heavy atom. The van der Waals surface area contributed by atoms with Gasteiger partial charge in [0.25, 0.3) is 6.47 Å². The first-order valence-corrected chi connectivity index (χ1v) is 13.2. The van der Waals surface area contributed by atoms with E-state index in [4.69, 9.17) is 19.4 Å². The highest BCUT2D eigenvalue weighted by Crippen LogP contribution is 2.24. The lowest BCUT2D eigenvalue weighted by Gasteiger charge is -2.35. The van der Waals surface area contributed by atoms with Crippen molar-refractivity contribution in [1.29, 1.82) is 0 Å². The molecular formula is C30H43N3O6. The number of amides is 2. The second kappa shape index (κ2) is 14.0. The first-order chi connectivity index (χ1) is 18.2. The second-order valence-corrected chi connectivity index (χ2v) is 11.5. The standard InChI is InChI=1S/C29H41N3O4.CH2O2/c1-21(30-26(33)35-28(2,3)4)23-11-13-24(14-12-23)25-10-8-9-22(19-25)20-31-15-17-32(18-16-31)27(34)36-29(5,6)7;2-1-3/h8-14,19,21H,15-18,20H2,1-7H3,(H,30,33);1H,(H,2,3)/t21-;/m1./s1. The summed E-state index contributed by atoms with van der Waals surface area (Å²) >= 11 is 0. The van der Waals surface area contributed by atoms with Crippen molar-refractivity contribution in [2.45, 2.75) is 72.3 Å². The predicted octanol–water partition coefficient (Wildman–Crippen LogP) is 5.69. The Labute approximate surface area is 232 Å². The summed E-state index contributed by atoms with van der Waals surface area (Å²) in [6, 6.07) is 16.7. The molecule has 1 aliphatic rings. The Morgan fingerprint density at radius 1 is 0.923 bits per heavy atom. The Hall–Kier alpha value is -3.59. The van der Waals surface area contributed by atoms with E-state index >= 15 is 0 Å². The fourth-order valence-electron chi connectivity index (χ4n) is 4.05. The zero-order chi connectivity index (χ0) is 29.2. The summed E-state index contributed by atoms with van der Waals surface area (Å²) < 4.78 is 10.9. The molecule has 1 saturated heterocycles. The topological polar surface area (TPSA) is 108 Å². The van der Waals surface area contributed by atoms with Crippen LogP contribution >= 0.6 is 0 Å². The minimum atomic E-state index is -0.523. The van der Waals surface area contributed by atoms with E-state index in [0.29, 0.717) is 13.1 Å². The van der Waals surface area contributed by atoms with Gasteiger partial charge >= 0.3 is 12.2 Å². The molecule has 0 unspecified atom stereocenters. The van der Waals surface area contributed by atoms with Crippen LogP contribution in [0.2, 0.25) is 0 Å². The van der Waals surface area contributed by atoms with E-state index in [0.717, 1.165) is 36.3 Å². The molecule has 214 valence electrons. The van der Waals surface area contributed by atoms with E-state index in [9.17, 15) is 9.59 Å². The molecule has 0 bridgehead atoms. The van der Waals surface area contributed by atoms with Crippen LogP contribution in [0.5, 0.6) is 0 Å². The van der Waals surface area contributed by atoms with Crippen LogP contribution in [-0.2, 0) is 20.8 Å². The third-order valence-electron chi connectivity index (χ3n) is 5.83. The van der Waals surface area contributed by atoms with Crippen LogP contribution in [0.3, 0.4) is 0 Å². The molecule has 9 nitrogen and oxygen atoms in total. The summed E-state index contributed by atoms with van der Waals surface area (Å²) in [6.07, 6.45) is -0.651. The summed E-state index contributed by atoms with van der Waals surface area (Å²) in [5, 5.41) is 9.78. The van der Waals surface area contributed by atoms with E-state index < -0.39 is 17.3 Å². The maximum Gasteiger partial charge on any atom is 0.410 e. The van der Waals surface area contributed by atoms with E-state index in [1.54, 1.807) is 4.90 Å². The molecule has 2 aromatic rings. The number of hydrogen-bond donors (Lipinski definition) is 2. The minimum absolute atomic E-state index is 0.153. The van der Waals surface area contributed by atoms with Crippen molar-refractivity contribution in [3.8, 4) is 11.1 Å². The van der Waals surface area contributed by atoms with Gasteiger partial charge in [0.1, 0.15) is 11.2 Å². The molecule has 9 heteroatoms. The number of benzene rings is 2. The summed E-state index contributed by atoms with van der Waals surface area (Å²) in [4.78, 5) is 36.9. The molecule has 1 aliphatic heterocycles. The first-order valence-electron chi connectivity index (χ1n) is 13.2. The van der Waals surface area contributed by atoms with Gasteiger partial charge in [0.05, 0.1) is 6.04 Å². The number of nitrogens with zero attached hydrogens (tertiary/aromatic N) is 2. The third kappa shape index (κ3) is 11.4. The third-order valence-corrected chi connectivity index (χ3v) is 5.83. The van der Waals surface area contributed by atoms with Gasteiger partial charge in [-0.3, -0.25) is 9.69 Å². The number of ether oxygens (including phenoxy) is 2. The van der Waals surface area contributed by atoms with Gasteiger partial charge in [-0.1, -0.05) is 42.5 Å². The van der Waals surface area contributed by atoms with Crippen molar-refractivity contribution in [1.82, 2.24) is 15.1 Å². The van der Waals surface area contributed by atoms with Crippen LogP contribution in [-0.4, -0.2) is 70.9 Å². The molecule has 0 aliphatic carbocycles. The molecule has 0 aromatic heterocycles. The highest BCUT2D eigenvalue weighted by molar-refractivity contribution is 5.69. The molecule has 1 heterocycles. The number of carbonyl (C=O) groups excluding carboxylic acids is 2. The van der Waals surface area contributed by atoms with Crippen molar-refractivity contribution < 1.29 is 29.0 Å². The highest BCUT2D eigenvalue weighted by atomic mass is 16.6. The van der Waals surface area contributed by atoms with Crippen LogP contribution in [0.4, 0.5) is 9.59 Å². The number of piperazine rings is 1. The molecule has 3 rings (SSSR count). The quantitative estimate of drug-likeness (QED) is 0.468. The maximum atomic E-state index is 12.3. The summed E-state index contributed by atoms with van der Waals surface area (Å²) in [5.74, 6) is 0. The van der Waals surface area contributed by atoms with Crippen molar-refractivity contribution in [3.63, 3.8) is 0 Å². The van der Waals surface area contributed by atoms with Gasteiger partial charge < -0.3 is 24.8 Å². The molecular weight excluding hydrogens is 498 g/mol. The smallest absolute Gasteiger partial charge is 0.410 e. The van der Waals surface area contributed by atoms with Gasteiger partial charge in [-0.05, 0) is 76.8 Å². The van der Waals surface area contributed by atoms with E-state index in [1.807, 2.05) is 60.6 Å². The fraction of sp³-hybridized carbons (Fsp3) is 0.500. The first kappa shape index (κ1) is 31.6. The van der Waals surface area contributed by atoms with E-state index in [2.05, 4.69) is 46.6 Å². The Balaban J connectivity index is 0.00000170. The Bertz CT molecular complexity index is 1080. The predicted molar refractivity (Wildman–Crippen MR) is 151 cm³/mol. The van der Waals surface area contributed by atoms with Gasteiger partial charge in [0.2, 0.25) is 0 Å². The summed E-state index contributed by atoms with van der Waals surface area (Å²) in [7, 11) is 0. The zero-order valence-corrected chi connectivity index (χ0v) is 24.2. The van der Waals surface area contributed by atoms with Crippen molar-refractivity contribution in [2.75, 3.05) is 26.2 Å². The molecule has 2 N–H and O–H groups in total. The maximum absolute atomic E-state index is 12.3. The van der Waals surface area contributed by atoms with Gasteiger partial charge in [0, 0.05) is 32.7 Å². The van der Waals surface area contributed by atoms with Gasteiger partial charge in [-0.25, -0.2) is 9.59 Å². The van der Waals surface area contributed by atoms with Crippen LogP contribution in [0.15, 0.2) is 48.5 Å². The second-order valence-electron chi connectivity index (χ2n) is 11.5. The normalized spacial score (nSPS) is 14.9. The molecule has 0 radical (unpaired) electrons. The highest BCUT2D eigenvalue weighted by Gasteiger charge is 2.26. The van der Waals surface area contributed by atoms with E-state index in [1.165, 1.54) is 5.56 Å². The number of carboxylic acid groups (broad SMARTS) is 1. The zero-order valence-electron chi connectivity index (χ0n) is 24.2. The van der Waals surface area contributed by atoms with Crippen LogP contribution in [0.25, 0.3) is 11.1 Å². The van der Waals surface area contributed by atoms with Crippen LogP contribution in [0.1, 0.15) is 65.6 Å². The summed E-state index contributed by atoms with van der Waals surface area (Å²) in [6.45, 7) is 16.7. The van der Waals surface area contributed by atoms with Crippen molar-refractivity contribution in [3.05, 3.63) is 59.7 Å². The Kier molecular flexibility index (Phi) is 11.3. The van der Waals surface area contributed by atoms with Crippen molar-refractivity contribution in [2.24, 2.45) is 0 Å². The molecule has 0 saturated carbocycles. The molecule has 39 heavy (non-hydrogen) atoms. The average molecular weight is 542 g/mol. The fourth-order valence-corrected chi connectivity index (χ4v) is 4.05. The lowest BCUT2D eigenvalue weighted by Crippen LogP contribution is -2.49. The van der Waals surface area contributed by atoms with Crippen molar-refractivity contribution >= 4 is 18.7 Å². The minimum Gasteiger partial charge on any atom is -0.483 e. The molecule has 1 fully saturated rings. The number of alkyl carbamates (subject to hydrolysis) is 1. The van der Waals surface area contributed by atoms with E-state index in [-0.39, 0.29) is 18.6 Å². The largest absolute Gasteiger partial charge is 0.483 e. The number of nitrogens with one attached hydrogen (secondary N) is 1. The number of hydrogen-bond acceptors (Lipinski definition) is 6. The molecule has 0 spiro atoms. The lowest BCUT2D eigenvalue weighted by molar-refractivity contribution is -0.122. The van der Waals surface area contributed by atoms with Gasteiger partial charge in [0.15, 0.2) is 0 Å². The molecule has 2 aromatic carbocycles. The molecule has 1 atom stereocenters. The monoisotopic (exact) mass is 541 g/mol. The van der Waals surface area contributed by atoms with Crippen LogP contribution < -0.4 is 5.32 Å². The van der Waals surface area contributed by atoms with Crippen LogP contribution in [0, 0.1) is 0 Å². The average Bonchev–Trinajstić information content (AvgIpc) is 2.83.